The number of halogens is 2. The molecule has 0 N–H and O–H groups in total. The van der Waals surface area contributed by atoms with Crippen LogP contribution in [0.4, 0.5) is 4.39 Å². The summed E-state index contributed by atoms with van der Waals surface area (Å²) in [6, 6.07) is 0. The molecule has 1 heterocycles. The van der Waals surface area contributed by atoms with Gasteiger partial charge in [0.15, 0.2) is 0 Å². The summed E-state index contributed by atoms with van der Waals surface area (Å²) >= 11 is 3.55. The summed E-state index contributed by atoms with van der Waals surface area (Å²) in [4.78, 5) is 2.30. The SMILES string of the molecule is CC1=C(Br)CN(CCC(C)F)CC1. The van der Waals surface area contributed by atoms with Gasteiger partial charge in [-0.25, -0.2) is 4.39 Å². The van der Waals surface area contributed by atoms with Crippen LogP contribution < -0.4 is 0 Å². The van der Waals surface area contributed by atoms with Crippen molar-refractivity contribution in [2.24, 2.45) is 0 Å². The van der Waals surface area contributed by atoms with Gasteiger partial charge in [-0.2, -0.15) is 0 Å². The topological polar surface area (TPSA) is 3.24 Å². The molecule has 1 rings (SSSR count). The second-order valence-corrected chi connectivity index (χ2v) is 4.74. The van der Waals surface area contributed by atoms with Crippen molar-refractivity contribution in [1.29, 1.82) is 0 Å². The van der Waals surface area contributed by atoms with Crippen LogP contribution in [0, 0.1) is 0 Å². The summed E-state index contributed by atoms with van der Waals surface area (Å²) in [6.45, 7) is 6.69. The van der Waals surface area contributed by atoms with Crippen LogP contribution in [0.15, 0.2) is 10.1 Å². The van der Waals surface area contributed by atoms with Crippen molar-refractivity contribution in [3.63, 3.8) is 0 Å². The second kappa shape index (κ2) is 5.11. The highest BCUT2D eigenvalue weighted by atomic mass is 79.9. The van der Waals surface area contributed by atoms with Gasteiger partial charge in [0.1, 0.15) is 0 Å². The van der Waals surface area contributed by atoms with E-state index in [2.05, 4.69) is 27.8 Å². The zero-order valence-corrected chi connectivity index (χ0v) is 9.90. The predicted molar refractivity (Wildman–Crippen MR) is 57.9 cm³/mol. The summed E-state index contributed by atoms with van der Waals surface area (Å²) in [5, 5.41) is 0. The van der Waals surface area contributed by atoms with Crippen molar-refractivity contribution in [1.82, 2.24) is 4.90 Å². The summed E-state index contributed by atoms with van der Waals surface area (Å²) < 4.78 is 13.9. The lowest BCUT2D eigenvalue weighted by atomic mass is 10.1. The normalized spacial score (nSPS) is 22.2. The van der Waals surface area contributed by atoms with Gasteiger partial charge < -0.3 is 0 Å². The summed E-state index contributed by atoms with van der Waals surface area (Å²) in [6.07, 6.45) is 1.09. The van der Waals surface area contributed by atoms with Crippen molar-refractivity contribution in [3.05, 3.63) is 10.1 Å². The average molecular weight is 250 g/mol. The third-order valence-electron chi connectivity index (χ3n) is 2.47. The van der Waals surface area contributed by atoms with Gasteiger partial charge in [0.05, 0.1) is 6.17 Å². The van der Waals surface area contributed by atoms with E-state index in [9.17, 15) is 4.39 Å². The molecule has 1 nitrogen and oxygen atoms in total. The van der Waals surface area contributed by atoms with Gasteiger partial charge in [0.2, 0.25) is 0 Å². The number of alkyl halides is 1. The van der Waals surface area contributed by atoms with Gasteiger partial charge in [-0.3, -0.25) is 4.90 Å². The molecule has 0 aromatic carbocycles. The Morgan fingerprint density at radius 1 is 1.62 bits per heavy atom. The Hall–Kier alpha value is 0.110. The molecular formula is C10H17BrFN. The largest absolute Gasteiger partial charge is 0.298 e. The van der Waals surface area contributed by atoms with Crippen LogP contribution in [-0.2, 0) is 0 Å². The quantitative estimate of drug-likeness (QED) is 0.743. The van der Waals surface area contributed by atoms with Crippen molar-refractivity contribution in [3.8, 4) is 0 Å². The van der Waals surface area contributed by atoms with Gasteiger partial charge in [0, 0.05) is 24.1 Å². The summed E-state index contributed by atoms with van der Waals surface area (Å²) in [5.74, 6) is 0. The van der Waals surface area contributed by atoms with Crippen LogP contribution in [0.2, 0.25) is 0 Å². The minimum atomic E-state index is -0.675. The number of rotatable bonds is 3. The first-order chi connectivity index (χ1) is 6.09. The Morgan fingerprint density at radius 2 is 2.31 bits per heavy atom. The number of nitrogens with zero attached hydrogens (tertiary/aromatic N) is 1. The first-order valence-electron chi connectivity index (χ1n) is 4.80. The third kappa shape index (κ3) is 3.77. The van der Waals surface area contributed by atoms with Crippen LogP contribution >= 0.6 is 15.9 Å². The van der Waals surface area contributed by atoms with Crippen molar-refractivity contribution in [2.75, 3.05) is 19.6 Å². The van der Waals surface area contributed by atoms with Crippen molar-refractivity contribution in [2.45, 2.75) is 32.9 Å². The predicted octanol–water partition coefficient (Wildman–Crippen LogP) is 3.11. The lowest BCUT2D eigenvalue weighted by molar-refractivity contribution is 0.243. The monoisotopic (exact) mass is 249 g/mol. The van der Waals surface area contributed by atoms with Gasteiger partial charge in [-0.1, -0.05) is 21.5 Å². The number of hydrogen-bond acceptors (Lipinski definition) is 1. The molecule has 0 spiro atoms. The van der Waals surface area contributed by atoms with Gasteiger partial charge in [-0.15, -0.1) is 0 Å². The van der Waals surface area contributed by atoms with E-state index in [4.69, 9.17) is 0 Å². The zero-order valence-electron chi connectivity index (χ0n) is 8.32. The Balaban J connectivity index is 2.32. The first kappa shape index (κ1) is 11.2. The minimum Gasteiger partial charge on any atom is -0.298 e. The molecule has 0 amide bonds. The maximum Gasteiger partial charge on any atom is 0.0985 e. The van der Waals surface area contributed by atoms with Gasteiger partial charge in [-0.05, 0) is 26.7 Å². The maximum absolute atomic E-state index is 12.6. The van der Waals surface area contributed by atoms with E-state index in [-0.39, 0.29) is 0 Å². The summed E-state index contributed by atoms with van der Waals surface area (Å²) in [7, 11) is 0. The van der Waals surface area contributed by atoms with E-state index in [0.29, 0.717) is 6.42 Å². The molecule has 0 aliphatic carbocycles. The van der Waals surface area contributed by atoms with E-state index in [1.54, 1.807) is 6.92 Å². The van der Waals surface area contributed by atoms with E-state index in [0.717, 1.165) is 26.1 Å². The van der Waals surface area contributed by atoms with E-state index in [1.807, 2.05) is 0 Å². The molecule has 0 aromatic heterocycles. The first-order valence-corrected chi connectivity index (χ1v) is 5.59. The fourth-order valence-electron chi connectivity index (χ4n) is 1.42. The highest BCUT2D eigenvalue weighted by molar-refractivity contribution is 9.11. The molecule has 3 heteroatoms. The molecular weight excluding hydrogens is 233 g/mol. The van der Waals surface area contributed by atoms with Crippen LogP contribution in [0.3, 0.4) is 0 Å². The molecule has 1 unspecified atom stereocenters. The molecule has 13 heavy (non-hydrogen) atoms. The second-order valence-electron chi connectivity index (χ2n) is 3.78. The van der Waals surface area contributed by atoms with Crippen LogP contribution in [0.25, 0.3) is 0 Å². The van der Waals surface area contributed by atoms with E-state index >= 15 is 0 Å². The highest BCUT2D eigenvalue weighted by Gasteiger charge is 2.14. The third-order valence-corrected chi connectivity index (χ3v) is 3.40. The molecule has 0 fully saturated rings. The standard InChI is InChI=1S/C10H17BrFN/c1-8-3-5-13(7-10(8)11)6-4-9(2)12/h9H,3-7H2,1-2H3. The zero-order chi connectivity index (χ0) is 9.84. The van der Waals surface area contributed by atoms with Crippen LogP contribution in [0.5, 0.6) is 0 Å². The molecule has 1 atom stereocenters. The Kier molecular flexibility index (Phi) is 4.39. The molecule has 0 saturated heterocycles. The Bertz CT molecular complexity index is 201. The van der Waals surface area contributed by atoms with Gasteiger partial charge in [0.25, 0.3) is 0 Å². The molecule has 0 radical (unpaired) electrons. The number of hydrogen-bond donors (Lipinski definition) is 0. The fourth-order valence-corrected chi connectivity index (χ4v) is 1.98. The molecule has 1 aliphatic rings. The molecule has 0 saturated carbocycles. The Labute approximate surface area is 88.1 Å². The van der Waals surface area contributed by atoms with Crippen molar-refractivity contribution >= 4 is 15.9 Å². The van der Waals surface area contributed by atoms with Gasteiger partial charge >= 0.3 is 0 Å². The Morgan fingerprint density at radius 3 is 2.85 bits per heavy atom. The van der Waals surface area contributed by atoms with Crippen LogP contribution in [-0.4, -0.2) is 30.7 Å². The fraction of sp³-hybridized carbons (Fsp3) is 0.800. The molecule has 0 bridgehead atoms. The van der Waals surface area contributed by atoms with Crippen LogP contribution in [0.1, 0.15) is 26.7 Å². The molecule has 0 aromatic rings. The molecule has 1 aliphatic heterocycles. The lowest BCUT2D eigenvalue weighted by Gasteiger charge is -2.27. The average Bonchev–Trinajstić information content (AvgIpc) is 2.07. The smallest absolute Gasteiger partial charge is 0.0985 e. The minimum absolute atomic E-state index is 0.652. The molecule has 76 valence electrons. The van der Waals surface area contributed by atoms with E-state index < -0.39 is 6.17 Å². The van der Waals surface area contributed by atoms with Crippen molar-refractivity contribution < 1.29 is 4.39 Å². The maximum atomic E-state index is 12.6. The lowest BCUT2D eigenvalue weighted by Crippen LogP contribution is -2.32. The highest BCUT2D eigenvalue weighted by Crippen LogP contribution is 2.22. The van der Waals surface area contributed by atoms with E-state index in [1.165, 1.54) is 10.1 Å². The summed E-state index contributed by atoms with van der Waals surface area (Å²) in [5.41, 5.74) is 1.43.